The summed E-state index contributed by atoms with van der Waals surface area (Å²) in [6.45, 7) is 1.53. The van der Waals surface area contributed by atoms with Crippen LogP contribution in [0.5, 0.6) is 5.75 Å². The fourth-order valence-corrected chi connectivity index (χ4v) is 3.68. The topological polar surface area (TPSA) is 84.9 Å². The molecule has 9 heteroatoms. The lowest BCUT2D eigenvalue weighted by molar-refractivity contribution is -0.0231. The molecule has 26 heavy (non-hydrogen) atoms. The Bertz CT molecular complexity index is 1010. The second-order valence-corrected chi connectivity index (χ2v) is 7.96. The van der Waals surface area contributed by atoms with Gasteiger partial charge in [-0.25, -0.2) is 22.2 Å². The number of sulfone groups is 1. The van der Waals surface area contributed by atoms with E-state index in [1.807, 2.05) is 0 Å². The van der Waals surface area contributed by atoms with Crippen LogP contribution in [0.4, 0.5) is 8.78 Å². The van der Waals surface area contributed by atoms with Gasteiger partial charge in [-0.2, -0.15) is 0 Å². The molecule has 0 bridgehead atoms. The average molecular weight is 381 g/mol. The molecule has 138 valence electrons. The van der Waals surface area contributed by atoms with E-state index >= 15 is 0 Å². The van der Waals surface area contributed by atoms with Gasteiger partial charge in [-0.3, -0.25) is 4.98 Å². The zero-order valence-corrected chi connectivity index (χ0v) is 15.0. The van der Waals surface area contributed by atoms with Gasteiger partial charge in [0.15, 0.2) is 6.61 Å². The van der Waals surface area contributed by atoms with Gasteiger partial charge in [-0.15, -0.1) is 0 Å². The quantitative estimate of drug-likeness (QED) is 0.708. The number of benzene rings is 1. The summed E-state index contributed by atoms with van der Waals surface area (Å²) in [7, 11) is -3.79. The fraction of sp³-hybridized carbons (Fsp3) is 0.294. The zero-order chi connectivity index (χ0) is 18.9. The first-order valence-corrected chi connectivity index (χ1v) is 9.43. The van der Waals surface area contributed by atoms with Crippen LogP contribution in [0.2, 0.25) is 0 Å². The van der Waals surface area contributed by atoms with Crippen LogP contribution in [0.25, 0.3) is 11.0 Å². The van der Waals surface area contributed by atoms with Crippen LogP contribution >= 0.6 is 0 Å². The maximum absolute atomic E-state index is 13.0. The molecule has 0 unspecified atom stereocenters. The van der Waals surface area contributed by atoms with Crippen LogP contribution in [-0.4, -0.2) is 35.9 Å². The maximum Gasteiger partial charge on any atom is 0.278 e. The van der Waals surface area contributed by atoms with E-state index < -0.39 is 28.1 Å². The zero-order valence-electron chi connectivity index (χ0n) is 14.2. The van der Waals surface area contributed by atoms with Crippen molar-refractivity contribution in [1.82, 2.24) is 15.0 Å². The van der Waals surface area contributed by atoms with Gasteiger partial charge >= 0.3 is 0 Å². The molecular formula is C17H17F2N3O3S. The van der Waals surface area contributed by atoms with Gasteiger partial charge in [0.25, 0.3) is 5.92 Å². The molecule has 2 aromatic heterocycles. The van der Waals surface area contributed by atoms with Gasteiger partial charge in [-0.1, -0.05) is 12.1 Å². The van der Waals surface area contributed by atoms with E-state index in [1.54, 1.807) is 31.2 Å². The first-order chi connectivity index (χ1) is 12.2. The van der Waals surface area contributed by atoms with E-state index in [0.29, 0.717) is 16.6 Å². The van der Waals surface area contributed by atoms with Crippen molar-refractivity contribution in [2.45, 2.75) is 30.7 Å². The van der Waals surface area contributed by atoms with Crippen LogP contribution in [-0.2, 0) is 15.6 Å². The molecule has 0 spiro atoms. The first-order valence-electron chi connectivity index (χ1n) is 7.78. The summed E-state index contributed by atoms with van der Waals surface area (Å²) in [5.74, 6) is -3.23. The number of H-pyrrole nitrogens is 1. The molecule has 0 amide bonds. The lowest BCUT2D eigenvalue weighted by atomic mass is 10.2. The Balaban J connectivity index is 1.87. The number of ether oxygens (including phenoxy) is 1. The predicted octanol–water partition coefficient (Wildman–Crippen LogP) is 3.27. The molecule has 0 saturated heterocycles. The maximum atomic E-state index is 13.0. The lowest BCUT2D eigenvalue weighted by Crippen LogP contribution is -2.21. The first kappa shape index (κ1) is 18.2. The molecule has 0 aliphatic rings. The number of pyridine rings is 1. The second-order valence-electron chi connectivity index (χ2n) is 6.06. The standard InChI is InChI=1S/C17H17F2N3O3S/c1-11-14(20-8-7-15(11)25-10-17(2,18)19)9-26(23,24)16-21-12-5-3-4-6-13(12)22-16/h3-8H,9-10H2,1-2H3,(H,21,22). The van der Waals surface area contributed by atoms with Crippen molar-refractivity contribution < 1.29 is 21.9 Å². The number of aromatic nitrogens is 3. The molecule has 3 rings (SSSR count). The highest BCUT2D eigenvalue weighted by Gasteiger charge is 2.25. The number of rotatable bonds is 6. The van der Waals surface area contributed by atoms with E-state index in [0.717, 1.165) is 6.92 Å². The van der Waals surface area contributed by atoms with Crippen LogP contribution in [0.15, 0.2) is 41.7 Å². The number of alkyl halides is 2. The molecule has 2 heterocycles. The summed E-state index contributed by atoms with van der Waals surface area (Å²) in [4.78, 5) is 10.9. The van der Waals surface area contributed by atoms with Crippen LogP contribution in [0.1, 0.15) is 18.2 Å². The average Bonchev–Trinajstić information content (AvgIpc) is 3.00. The Morgan fingerprint density at radius 3 is 2.65 bits per heavy atom. The number of hydrogen-bond acceptors (Lipinski definition) is 5. The number of para-hydroxylation sites is 2. The predicted molar refractivity (Wildman–Crippen MR) is 92.1 cm³/mol. The highest BCUT2D eigenvalue weighted by molar-refractivity contribution is 7.90. The van der Waals surface area contributed by atoms with Gasteiger partial charge in [0.05, 0.1) is 16.7 Å². The van der Waals surface area contributed by atoms with Crippen LogP contribution in [0, 0.1) is 6.92 Å². The number of imidazole rings is 1. The number of halogens is 2. The van der Waals surface area contributed by atoms with Crippen molar-refractivity contribution in [3.63, 3.8) is 0 Å². The number of aromatic amines is 1. The minimum Gasteiger partial charge on any atom is -0.487 e. The molecular weight excluding hydrogens is 364 g/mol. The van der Waals surface area contributed by atoms with Crippen molar-refractivity contribution in [3.8, 4) is 5.75 Å². The molecule has 0 saturated carbocycles. The number of nitrogens with one attached hydrogen (secondary N) is 1. The molecule has 3 aromatic rings. The van der Waals surface area contributed by atoms with Crippen molar-refractivity contribution >= 4 is 20.9 Å². The van der Waals surface area contributed by atoms with E-state index in [4.69, 9.17) is 4.74 Å². The summed E-state index contributed by atoms with van der Waals surface area (Å²) in [6, 6.07) is 8.39. The van der Waals surface area contributed by atoms with Crippen LogP contribution in [0.3, 0.4) is 0 Å². The van der Waals surface area contributed by atoms with Crippen molar-refractivity contribution in [3.05, 3.63) is 47.8 Å². The molecule has 0 atom stereocenters. The Kier molecular flexibility index (Phi) is 4.66. The Morgan fingerprint density at radius 2 is 1.96 bits per heavy atom. The van der Waals surface area contributed by atoms with E-state index in [9.17, 15) is 17.2 Å². The lowest BCUT2D eigenvalue weighted by Gasteiger charge is -2.15. The number of nitrogens with zero attached hydrogens (tertiary/aromatic N) is 2. The number of hydrogen-bond donors (Lipinski definition) is 1. The minimum atomic E-state index is -3.79. The number of fused-ring (bicyclic) bond motifs is 1. The third kappa shape index (κ3) is 3.98. The van der Waals surface area contributed by atoms with Crippen molar-refractivity contribution in [2.24, 2.45) is 0 Å². The second kappa shape index (κ2) is 6.64. The molecule has 0 aliphatic carbocycles. The van der Waals surface area contributed by atoms with Gasteiger partial charge in [0, 0.05) is 18.7 Å². The summed E-state index contributed by atoms with van der Waals surface area (Å²) < 4.78 is 56.4. The van der Waals surface area contributed by atoms with Crippen LogP contribution < -0.4 is 4.74 Å². The third-order valence-corrected chi connectivity index (χ3v) is 5.16. The Hall–Kier alpha value is -2.55. The third-order valence-electron chi connectivity index (χ3n) is 3.73. The Labute approximate surface area is 149 Å². The molecule has 0 fully saturated rings. The molecule has 6 nitrogen and oxygen atoms in total. The molecule has 1 N–H and O–H groups in total. The molecule has 1 aromatic carbocycles. The minimum absolute atomic E-state index is 0.161. The van der Waals surface area contributed by atoms with Gasteiger partial charge in [-0.05, 0) is 25.1 Å². The van der Waals surface area contributed by atoms with Gasteiger partial charge in [0.2, 0.25) is 15.0 Å². The van der Waals surface area contributed by atoms with Gasteiger partial charge < -0.3 is 9.72 Å². The van der Waals surface area contributed by atoms with E-state index in [1.165, 1.54) is 12.3 Å². The highest BCUT2D eigenvalue weighted by Crippen LogP contribution is 2.25. The summed E-state index contributed by atoms with van der Waals surface area (Å²) in [6.07, 6.45) is 1.33. The van der Waals surface area contributed by atoms with Gasteiger partial charge in [0.1, 0.15) is 11.5 Å². The Morgan fingerprint density at radius 1 is 1.23 bits per heavy atom. The summed E-state index contributed by atoms with van der Waals surface area (Å²) in [5.41, 5.74) is 1.77. The van der Waals surface area contributed by atoms with Crippen molar-refractivity contribution in [2.75, 3.05) is 6.61 Å². The van der Waals surface area contributed by atoms with Crippen molar-refractivity contribution in [1.29, 1.82) is 0 Å². The highest BCUT2D eigenvalue weighted by atomic mass is 32.2. The summed E-state index contributed by atoms with van der Waals surface area (Å²) >= 11 is 0. The fourth-order valence-electron chi connectivity index (χ4n) is 2.39. The molecule has 0 aliphatic heterocycles. The summed E-state index contributed by atoms with van der Waals surface area (Å²) in [5, 5.41) is -0.161. The SMILES string of the molecule is Cc1c(OCC(C)(F)F)ccnc1CS(=O)(=O)c1nc2ccccc2[nH]1. The van der Waals surface area contributed by atoms with E-state index in [-0.39, 0.29) is 16.6 Å². The largest absolute Gasteiger partial charge is 0.487 e. The monoisotopic (exact) mass is 381 g/mol. The smallest absolute Gasteiger partial charge is 0.278 e. The van der Waals surface area contributed by atoms with E-state index in [2.05, 4.69) is 15.0 Å². The molecule has 0 radical (unpaired) electrons. The normalized spacial score (nSPS) is 12.5.